The summed E-state index contributed by atoms with van der Waals surface area (Å²) in [5, 5.41) is 2.88. The van der Waals surface area contributed by atoms with Crippen LogP contribution in [0.1, 0.15) is 31.9 Å². The Morgan fingerprint density at radius 3 is 2.45 bits per heavy atom. The molecule has 1 aromatic rings. The van der Waals surface area contributed by atoms with Gasteiger partial charge in [-0.1, -0.05) is 38.1 Å². The molecular weight excluding hydrogens is 276 g/mol. The minimum Gasteiger partial charge on any atom is -0.377 e. The number of nitrogens with one attached hydrogen (secondary N) is 1. The molecule has 0 aliphatic rings. The lowest BCUT2D eigenvalue weighted by Gasteiger charge is -2.16. The van der Waals surface area contributed by atoms with Gasteiger partial charge < -0.3 is 15.8 Å². The standard InChI is InChI=1S/C15H24N2O2.ClH/c1-4-19-10-13-8-6-5-7-12(13)9-17-15(18)14(16)11(2)3;/h5-8,11,14H,4,9-10,16H2,1-3H3,(H,17,18);1H. The summed E-state index contributed by atoms with van der Waals surface area (Å²) in [7, 11) is 0. The monoisotopic (exact) mass is 300 g/mol. The number of ether oxygens (including phenoxy) is 1. The summed E-state index contributed by atoms with van der Waals surface area (Å²) in [5.74, 6) is 0.0277. The number of rotatable bonds is 7. The maximum atomic E-state index is 11.8. The molecule has 5 heteroatoms. The van der Waals surface area contributed by atoms with Crippen molar-refractivity contribution in [1.82, 2.24) is 5.32 Å². The number of carbonyl (C=O) groups is 1. The molecule has 0 aliphatic heterocycles. The normalized spacial score (nSPS) is 11.8. The smallest absolute Gasteiger partial charge is 0.237 e. The van der Waals surface area contributed by atoms with Crippen LogP contribution in [0.5, 0.6) is 0 Å². The van der Waals surface area contributed by atoms with Crippen LogP contribution in [0, 0.1) is 5.92 Å². The Bertz CT molecular complexity index is 411. The van der Waals surface area contributed by atoms with Crippen molar-refractivity contribution in [2.45, 2.75) is 40.0 Å². The highest BCUT2D eigenvalue weighted by molar-refractivity contribution is 5.85. The van der Waals surface area contributed by atoms with Gasteiger partial charge in [0.2, 0.25) is 5.91 Å². The van der Waals surface area contributed by atoms with Crippen LogP contribution in [0.2, 0.25) is 0 Å². The first-order chi connectivity index (χ1) is 9.06. The van der Waals surface area contributed by atoms with Crippen molar-refractivity contribution >= 4 is 18.3 Å². The highest BCUT2D eigenvalue weighted by atomic mass is 35.5. The zero-order valence-corrected chi connectivity index (χ0v) is 13.2. The van der Waals surface area contributed by atoms with E-state index in [1.165, 1.54) is 0 Å². The molecule has 1 rings (SSSR count). The molecule has 0 aliphatic carbocycles. The second-order valence-electron chi connectivity index (χ2n) is 4.89. The van der Waals surface area contributed by atoms with Crippen LogP contribution in [0.4, 0.5) is 0 Å². The molecule has 0 heterocycles. The van der Waals surface area contributed by atoms with Gasteiger partial charge >= 0.3 is 0 Å². The van der Waals surface area contributed by atoms with Gasteiger partial charge in [0.1, 0.15) is 0 Å². The van der Waals surface area contributed by atoms with Crippen LogP contribution < -0.4 is 11.1 Å². The molecule has 0 fully saturated rings. The molecule has 0 bridgehead atoms. The second-order valence-corrected chi connectivity index (χ2v) is 4.89. The van der Waals surface area contributed by atoms with E-state index in [2.05, 4.69) is 5.32 Å². The van der Waals surface area contributed by atoms with Gasteiger partial charge in [-0.3, -0.25) is 4.79 Å². The van der Waals surface area contributed by atoms with Crippen molar-refractivity contribution in [3.8, 4) is 0 Å². The lowest BCUT2D eigenvalue weighted by Crippen LogP contribution is -2.43. The molecule has 1 aromatic carbocycles. The highest BCUT2D eigenvalue weighted by Crippen LogP contribution is 2.10. The van der Waals surface area contributed by atoms with Crippen molar-refractivity contribution in [1.29, 1.82) is 0 Å². The van der Waals surface area contributed by atoms with Crippen molar-refractivity contribution in [3.05, 3.63) is 35.4 Å². The summed E-state index contributed by atoms with van der Waals surface area (Å²) < 4.78 is 5.42. The van der Waals surface area contributed by atoms with E-state index in [-0.39, 0.29) is 24.2 Å². The third-order valence-electron chi connectivity index (χ3n) is 3.05. The number of halogens is 1. The first kappa shape index (κ1) is 18.9. The van der Waals surface area contributed by atoms with Gasteiger partial charge in [-0.15, -0.1) is 12.4 Å². The summed E-state index contributed by atoms with van der Waals surface area (Å²) in [5.41, 5.74) is 7.98. The Balaban J connectivity index is 0.00000361. The van der Waals surface area contributed by atoms with Gasteiger partial charge in [0.15, 0.2) is 0 Å². The molecule has 4 nitrogen and oxygen atoms in total. The summed E-state index contributed by atoms with van der Waals surface area (Å²) in [4.78, 5) is 11.8. The Morgan fingerprint density at radius 1 is 1.30 bits per heavy atom. The first-order valence-corrected chi connectivity index (χ1v) is 6.74. The van der Waals surface area contributed by atoms with E-state index in [1.54, 1.807) is 0 Å². The summed E-state index contributed by atoms with van der Waals surface area (Å²) >= 11 is 0. The number of benzene rings is 1. The summed E-state index contributed by atoms with van der Waals surface area (Å²) in [6.07, 6.45) is 0. The predicted octanol–water partition coefficient (Wildman–Crippen LogP) is 2.24. The molecule has 0 aromatic heterocycles. The van der Waals surface area contributed by atoms with Gasteiger partial charge in [-0.05, 0) is 24.0 Å². The third kappa shape index (κ3) is 5.90. The molecule has 0 radical (unpaired) electrons. The first-order valence-electron chi connectivity index (χ1n) is 6.74. The van der Waals surface area contributed by atoms with Crippen molar-refractivity contribution in [3.63, 3.8) is 0 Å². The largest absolute Gasteiger partial charge is 0.377 e. The summed E-state index contributed by atoms with van der Waals surface area (Å²) in [6.45, 7) is 7.58. The highest BCUT2D eigenvalue weighted by Gasteiger charge is 2.16. The number of hydrogen-bond donors (Lipinski definition) is 2. The molecule has 0 spiro atoms. The third-order valence-corrected chi connectivity index (χ3v) is 3.05. The van der Waals surface area contributed by atoms with E-state index < -0.39 is 6.04 Å². The maximum absolute atomic E-state index is 11.8. The Labute approximate surface area is 127 Å². The van der Waals surface area contributed by atoms with E-state index in [0.29, 0.717) is 19.8 Å². The van der Waals surface area contributed by atoms with Gasteiger partial charge in [-0.2, -0.15) is 0 Å². The SMILES string of the molecule is CCOCc1ccccc1CNC(=O)C(N)C(C)C.Cl. The van der Waals surface area contributed by atoms with Crippen LogP contribution >= 0.6 is 12.4 Å². The average molecular weight is 301 g/mol. The lowest BCUT2D eigenvalue weighted by molar-refractivity contribution is -0.123. The predicted molar refractivity (Wildman–Crippen MR) is 83.7 cm³/mol. The maximum Gasteiger partial charge on any atom is 0.237 e. The topological polar surface area (TPSA) is 64.3 Å². The van der Waals surface area contributed by atoms with Gasteiger partial charge in [-0.25, -0.2) is 0 Å². The zero-order chi connectivity index (χ0) is 14.3. The molecule has 1 unspecified atom stereocenters. The molecule has 1 atom stereocenters. The fourth-order valence-corrected chi connectivity index (χ4v) is 1.69. The number of hydrogen-bond acceptors (Lipinski definition) is 3. The molecule has 114 valence electrons. The van der Waals surface area contributed by atoms with Crippen molar-refractivity contribution in [2.75, 3.05) is 6.61 Å². The molecule has 3 N–H and O–H groups in total. The Morgan fingerprint density at radius 2 is 1.90 bits per heavy atom. The minimum absolute atomic E-state index is 0. The van der Waals surface area contributed by atoms with Crippen LogP contribution in [0.15, 0.2) is 24.3 Å². The van der Waals surface area contributed by atoms with E-state index in [0.717, 1.165) is 11.1 Å². The average Bonchev–Trinajstić information content (AvgIpc) is 2.42. The Kier molecular flexibility index (Phi) is 9.21. The van der Waals surface area contributed by atoms with E-state index in [4.69, 9.17) is 10.5 Å². The minimum atomic E-state index is -0.459. The molecule has 0 saturated heterocycles. The second kappa shape index (κ2) is 9.75. The van der Waals surface area contributed by atoms with Gasteiger partial charge in [0.25, 0.3) is 0 Å². The number of amides is 1. The fourth-order valence-electron chi connectivity index (χ4n) is 1.69. The van der Waals surface area contributed by atoms with Crippen LogP contribution in [0.3, 0.4) is 0 Å². The van der Waals surface area contributed by atoms with Crippen LogP contribution in [0.25, 0.3) is 0 Å². The summed E-state index contributed by atoms with van der Waals surface area (Å²) in [6, 6.07) is 7.48. The van der Waals surface area contributed by atoms with E-state index in [9.17, 15) is 4.79 Å². The van der Waals surface area contributed by atoms with Crippen molar-refractivity contribution < 1.29 is 9.53 Å². The molecule has 1 amide bonds. The molecule has 0 saturated carbocycles. The number of nitrogens with two attached hydrogens (primary N) is 1. The van der Waals surface area contributed by atoms with Crippen LogP contribution in [-0.4, -0.2) is 18.6 Å². The molecule has 20 heavy (non-hydrogen) atoms. The fraction of sp³-hybridized carbons (Fsp3) is 0.533. The van der Waals surface area contributed by atoms with E-state index >= 15 is 0 Å². The molecular formula is C15H25ClN2O2. The lowest BCUT2D eigenvalue weighted by atomic mass is 10.0. The number of carbonyl (C=O) groups excluding carboxylic acids is 1. The van der Waals surface area contributed by atoms with Crippen molar-refractivity contribution in [2.24, 2.45) is 11.7 Å². The van der Waals surface area contributed by atoms with Gasteiger partial charge in [0.05, 0.1) is 12.6 Å². The quantitative estimate of drug-likeness (QED) is 0.812. The van der Waals surface area contributed by atoms with Crippen LogP contribution in [-0.2, 0) is 22.7 Å². The van der Waals surface area contributed by atoms with Gasteiger partial charge in [0, 0.05) is 13.2 Å². The Hall–Kier alpha value is -1.10. The van der Waals surface area contributed by atoms with E-state index in [1.807, 2.05) is 45.0 Å². The zero-order valence-electron chi connectivity index (χ0n) is 12.4.